The largest absolute Gasteiger partial charge is 0.469 e. The first-order valence-electron chi connectivity index (χ1n) is 11.9. The molecule has 1 aliphatic rings. The van der Waals surface area contributed by atoms with E-state index in [1.807, 2.05) is 0 Å². The van der Waals surface area contributed by atoms with Crippen molar-refractivity contribution in [1.82, 2.24) is 9.88 Å². The van der Waals surface area contributed by atoms with E-state index in [1.165, 1.54) is 31.5 Å². The Morgan fingerprint density at radius 2 is 1.81 bits per heavy atom. The van der Waals surface area contributed by atoms with Crippen molar-refractivity contribution in [2.45, 2.75) is 77.0 Å². The van der Waals surface area contributed by atoms with Crippen LogP contribution in [0.5, 0.6) is 0 Å². The minimum Gasteiger partial charge on any atom is -0.469 e. The van der Waals surface area contributed by atoms with Crippen LogP contribution in [0.25, 0.3) is 0 Å². The molecule has 36 heavy (non-hydrogen) atoms. The average molecular weight is 505 g/mol. The Morgan fingerprint density at radius 1 is 1.06 bits per heavy atom. The number of likely N-dealkylation sites (tertiary alicyclic amines) is 1. The number of hydrogen-bond donors (Lipinski definition) is 0. The number of nitrogens with zero attached hydrogens (tertiary/aromatic N) is 2. The summed E-state index contributed by atoms with van der Waals surface area (Å²) in [5.41, 5.74) is -0.113. The van der Waals surface area contributed by atoms with E-state index in [9.17, 15) is 23.2 Å². The molecule has 0 N–H and O–H groups in total. The van der Waals surface area contributed by atoms with E-state index in [1.54, 1.807) is 37.9 Å². The zero-order valence-corrected chi connectivity index (χ0v) is 21.2. The SMILES string of the molecule is COC(=O)CCCC[C@H]1CC[C@@H](c2ccc(F)c(F)c2)N1C(=O)OC(C)(C)C.O=c1cccncc1. The molecule has 0 bridgehead atoms. The predicted molar refractivity (Wildman–Crippen MR) is 131 cm³/mol. The van der Waals surface area contributed by atoms with Crippen LogP contribution in [0.15, 0.2) is 53.6 Å². The van der Waals surface area contributed by atoms with Crippen LogP contribution < -0.4 is 5.43 Å². The van der Waals surface area contributed by atoms with Gasteiger partial charge in [0, 0.05) is 30.9 Å². The molecular weight excluding hydrogens is 470 g/mol. The lowest BCUT2D eigenvalue weighted by Crippen LogP contribution is -2.41. The van der Waals surface area contributed by atoms with Crippen LogP contribution in [0.1, 0.15) is 70.9 Å². The van der Waals surface area contributed by atoms with Gasteiger partial charge in [-0.25, -0.2) is 13.6 Å². The minimum atomic E-state index is -0.928. The minimum absolute atomic E-state index is 0.0116. The van der Waals surface area contributed by atoms with E-state index in [4.69, 9.17) is 4.74 Å². The van der Waals surface area contributed by atoms with Gasteiger partial charge in [0.1, 0.15) is 5.60 Å². The molecule has 0 saturated carbocycles. The number of esters is 1. The molecule has 2 atom stereocenters. The average Bonchev–Trinajstić information content (AvgIpc) is 3.09. The Kier molecular flexibility index (Phi) is 11.0. The fourth-order valence-electron chi connectivity index (χ4n) is 3.96. The molecule has 3 rings (SSSR count). The number of carbonyl (C=O) groups excluding carboxylic acids is 2. The van der Waals surface area contributed by atoms with Crippen molar-refractivity contribution in [3.8, 4) is 0 Å². The zero-order valence-electron chi connectivity index (χ0n) is 21.2. The molecule has 9 heteroatoms. The van der Waals surface area contributed by atoms with Gasteiger partial charge in [-0.15, -0.1) is 0 Å². The van der Waals surface area contributed by atoms with Crippen molar-refractivity contribution >= 4 is 12.1 Å². The maximum absolute atomic E-state index is 13.7. The van der Waals surface area contributed by atoms with E-state index in [-0.39, 0.29) is 23.5 Å². The summed E-state index contributed by atoms with van der Waals surface area (Å²) in [6, 6.07) is 7.80. The van der Waals surface area contributed by atoms with Crippen molar-refractivity contribution in [1.29, 1.82) is 0 Å². The maximum atomic E-state index is 13.7. The number of benzene rings is 1. The van der Waals surface area contributed by atoms with Gasteiger partial charge in [-0.3, -0.25) is 19.5 Å². The lowest BCUT2D eigenvalue weighted by Gasteiger charge is -2.33. The molecule has 1 aromatic heterocycles. The van der Waals surface area contributed by atoms with Crippen molar-refractivity contribution in [2.24, 2.45) is 0 Å². The Morgan fingerprint density at radius 3 is 2.47 bits per heavy atom. The second kappa shape index (κ2) is 13.7. The fraction of sp³-hybridized carbons (Fsp3) is 0.481. The molecule has 196 valence electrons. The molecule has 7 nitrogen and oxygen atoms in total. The first kappa shape index (κ1) is 28.9. The summed E-state index contributed by atoms with van der Waals surface area (Å²) in [6.07, 6.45) is 6.43. The molecule has 0 radical (unpaired) electrons. The molecule has 2 aromatic rings. The van der Waals surface area contributed by atoms with Gasteiger partial charge in [-0.05, 0) is 76.3 Å². The number of amides is 1. The first-order chi connectivity index (χ1) is 17.0. The third-order valence-electron chi connectivity index (χ3n) is 5.59. The van der Waals surface area contributed by atoms with Gasteiger partial charge in [0.05, 0.1) is 13.2 Å². The highest BCUT2D eigenvalue weighted by Crippen LogP contribution is 2.39. The summed E-state index contributed by atoms with van der Waals surface area (Å²) in [4.78, 5) is 39.9. The standard InChI is InChI=1S/C21H29F2NO4.C6H5NO/c1-21(2,3)28-20(26)24-15(7-5-6-8-19(25)27-4)10-12-18(24)14-9-11-16(22)17(23)13-14;8-6-2-1-4-7-5-3-6/h9,11,13,15,18H,5-8,10,12H2,1-4H3;1-5H/t15-,18-;/m0./s1. The van der Waals surface area contributed by atoms with Crippen LogP contribution in [0.3, 0.4) is 0 Å². The van der Waals surface area contributed by atoms with Gasteiger partial charge in [0.15, 0.2) is 17.1 Å². The lowest BCUT2D eigenvalue weighted by molar-refractivity contribution is -0.140. The number of methoxy groups -OCH3 is 1. The highest BCUT2D eigenvalue weighted by atomic mass is 19.2. The summed E-state index contributed by atoms with van der Waals surface area (Å²) in [6.45, 7) is 5.37. The van der Waals surface area contributed by atoms with Crippen LogP contribution in [-0.4, -0.2) is 40.7 Å². The monoisotopic (exact) mass is 504 g/mol. The normalized spacial score (nSPS) is 17.1. The third-order valence-corrected chi connectivity index (χ3v) is 5.59. The molecule has 1 amide bonds. The number of hydrogen-bond acceptors (Lipinski definition) is 6. The predicted octanol–water partition coefficient (Wildman–Crippen LogP) is 5.58. The number of rotatable bonds is 6. The lowest BCUT2D eigenvalue weighted by atomic mass is 10.0. The smallest absolute Gasteiger partial charge is 0.411 e. The Labute approximate surface area is 210 Å². The summed E-state index contributed by atoms with van der Waals surface area (Å²) in [5.74, 6) is -2.09. The molecule has 0 unspecified atom stereocenters. The summed E-state index contributed by atoms with van der Waals surface area (Å²) < 4.78 is 37.3. The van der Waals surface area contributed by atoms with Crippen LogP contribution >= 0.6 is 0 Å². The van der Waals surface area contributed by atoms with E-state index in [0.717, 1.165) is 25.0 Å². The van der Waals surface area contributed by atoms with Crippen LogP contribution in [-0.2, 0) is 14.3 Å². The zero-order chi connectivity index (χ0) is 26.7. The van der Waals surface area contributed by atoms with Crippen LogP contribution in [0.4, 0.5) is 13.6 Å². The van der Waals surface area contributed by atoms with E-state index in [0.29, 0.717) is 31.2 Å². The summed E-state index contributed by atoms with van der Waals surface area (Å²) in [5, 5.41) is 0. The van der Waals surface area contributed by atoms with Gasteiger partial charge in [0.25, 0.3) is 0 Å². The van der Waals surface area contributed by atoms with E-state index in [2.05, 4.69) is 9.72 Å². The van der Waals surface area contributed by atoms with Crippen LogP contribution in [0, 0.1) is 11.6 Å². The second-order valence-corrected chi connectivity index (χ2v) is 9.51. The number of unbranched alkanes of at least 4 members (excludes halogenated alkanes) is 1. The number of ether oxygens (including phenoxy) is 2. The topological polar surface area (TPSA) is 85.8 Å². The fourth-order valence-corrected chi connectivity index (χ4v) is 3.96. The van der Waals surface area contributed by atoms with Crippen molar-refractivity contribution in [3.05, 3.63) is 76.2 Å². The molecule has 0 aliphatic carbocycles. The molecule has 2 heterocycles. The molecule has 1 aromatic carbocycles. The maximum Gasteiger partial charge on any atom is 0.411 e. The number of halogens is 2. The Balaban J connectivity index is 0.000000482. The summed E-state index contributed by atoms with van der Waals surface area (Å²) >= 11 is 0. The van der Waals surface area contributed by atoms with E-state index >= 15 is 0 Å². The van der Waals surface area contributed by atoms with Gasteiger partial charge in [-0.1, -0.05) is 12.5 Å². The molecule has 1 fully saturated rings. The van der Waals surface area contributed by atoms with Gasteiger partial charge < -0.3 is 9.47 Å². The van der Waals surface area contributed by atoms with Crippen molar-refractivity contribution in [3.63, 3.8) is 0 Å². The van der Waals surface area contributed by atoms with Gasteiger partial charge in [-0.2, -0.15) is 0 Å². The third kappa shape index (κ3) is 9.36. The molecular formula is C27H34F2N2O5. The van der Waals surface area contributed by atoms with Crippen molar-refractivity contribution < 1.29 is 27.8 Å². The highest BCUT2D eigenvalue weighted by Gasteiger charge is 2.39. The quantitative estimate of drug-likeness (QED) is 0.377. The van der Waals surface area contributed by atoms with Gasteiger partial charge in [0.2, 0.25) is 0 Å². The second-order valence-electron chi connectivity index (χ2n) is 9.51. The summed E-state index contributed by atoms with van der Waals surface area (Å²) in [7, 11) is 1.36. The molecule has 0 spiro atoms. The Hall–Kier alpha value is -3.36. The van der Waals surface area contributed by atoms with E-state index < -0.39 is 23.3 Å². The van der Waals surface area contributed by atoms with Crippen molar-refractivity contribution in [2.75, 3.05) is 7.11 Å². The Bertz CT molecular complexity index is 1050. The van der Waals surface area contributed by atoms with Gasteiger partial charge >= 0.3 is 12.1 Å². The molecule has 1 saturated heterocycles. The number of carbonyl (C=O) groups is 2. The number of aromatic nitrogens is 1. The highest BCUT2D eigenvalue weighted by molar-refractivity contribution is 5.70. The van der Waals surface area contributed by atoms with Crippen LogP contribution in [0.2, 0.25) is 0 Å². The first-order valence-corrected chi connectivity index (χ1v) is 11.9. The molecule has 1 aliphatic heterocycles.